The fourth-order valence-corrected chi connectivity index (χ4v) is 2.87. The molecule has 1 N–H and O–H groups in total. The van der Waals surface area contributed by atoms with Crippen LogP contribution in [0.1, 0.15) is 6.92 Å². The number of benzene rings is 1. The summed E-state index contributed by atoms with van der Waals surface area (Å²) in [6.45, 7) is 1.31. The molecule has 1 rings (SSSR count). The van der Waals surface area contributed by atoms with E-state index < -0.39 is 26.7 Å². The van der Waals surface area contributed by atoms with Crippen molar-refractivity contribution in [1.29, 1.82) is 0 Å². The summed E-state index contributed by atoms with van der Waals surface area (Å²) >= 11 is 0. The molecule has 18 heavy (non-hydrogen) atoms. The molecule has 0 amide bonds. The maximum Gasteiger partial charge on any atom is 0.289 e. The molecule has 0 bridgehead atoms. The SMILES string of the molecule is CC(O)CN(C)S(=O)(=O)c1ccccc1[N+](=O)[O-]. The zero-order valence-electron chi connectivity index (χ0n) is 9.98. The van der Waals surface area contributed by atoms with E-state index in [2.05, 4.69) is 0 Å². The van der Waals surface area contributed by atoms with Gasteiger partial charge in [-0.2, -0.15) is 4.31 Å². The van der Waals surface area contributed by atoms with Crippen LogP contribution in [0.3, 0.4) is 0 Å². The van der Waals surface area contributed by atoms with E-state index in [1.54, 1.807) is 0 Å². The second kappa shape index (κ2) is 5.42. The van der Waals surface area contributed by atoms with E-state index in [0.29, 0.717) is 0 Å². The molecule has 0 aliphatic rings. The summed E-state index contributed by atoms with van der Waals surface area (Å²) in [7, 11) is -2.72. The number of rotatable bonds is 5. The maximum absolute atomic E-state index is 12.1. The average molecular weight is 274 g/mol. The normalized spacial score (nSPS) is 13.6. The van der Waals surface area contributed by atoms with E-state index in [1.165, 1.54) is 32.2 Å². The molecule has 0 fully saturated rings. The number of aliphatic hydroxyl groups excluding tert-OH is 1. The molecule has 1 unspecified atom stereocenters. The van der Waals surface area contributed by atoms with Gasteiger partial charge in [0.1, 0.15) is 0 Å². The van der Waals surface area contributed by atoms with Crippen LogP contribution in [-0.4, -0.2) is 42.4 Å². The van der Waals surface area contributed by atoms with Gasteiger partial charge in [-0.15, -0.1) is 0 Å². The first kappa shape index (κ1) is 14.6. The first-order valence-corrected chi connectivity index (χ1v) is 6.58. The zero-order chi connectivity index (χ0) is 13.9. The van der Waals surface area contributed by atoms with Crippen LogP contribution in [0.2, 0.25) is 0 Å². The molecule has 0 heterocycles. The number of likely N-dealkylation sites (N-methyl/N-ethyl adjacent to an activating group) is 1. The summed E-state index contributed by atoms with van der Waals surface area (Å²) in [5.74, 6) is 0. The highest BCUT2D eigenvalue weighted by Gasteiger charge is 2.29. The average Bonchev–Trinajstić information content (AvgIpc) is 2.28. The predicted molar refractivity (Wildman–Crippen MR) is 64.6 cm³/mol. The van der Waals surface area contributed by atoms with Gasteiger partial charge in [-0.3, -0.25) is 10.1 Å². The summed E-state index contributed by atoms with van der Waals surface area (Å²) in [6.07, 6.45) is -0.854. The van der Waals surface area contributed by atoms with E-state index in [0.717, 1.165) is 10.4 Å². The van der Waals surface area contributed by atoms with Crippen LogP contribution in [-0.2, 0) is 10.0 Å². The van der Waals surface area contributed by atoms with Gasteiger partial charge < -0.3 is 5.11 Å². The topological polar surface area (TPSA) is 101 Å². The van der Waals surface area contributed by atoms with Crippen LogP contribution >= 0.6 is 0 Å². The molecule has 0 spiro atoms. The fraction of sp³-hybridized carbons (Fsp3) is 0.400. The van der Waals surface area contributed by atoms with Gasteiger partial charge in [0.2, 0.25) is 10.0 Å². The third-order valence-electron chi connectivity index (χ3n) is 2.27. The largest absolute Gasteiger partial charge is 0.392 e. The minimum atomic E-state index is -3.98. The molecule has 0 radical (unpaired) electrons. The van der Waals surface area contributed by atoms with Crippen molar-refractivity contribution >= 4 is 15.7 Å². The minimum absolute atomic E-state index is 0.131. The monoisotopic (exact) mass is 274 g/mol. The Kier molecular flexibility index (Phi) is 4.38. The summed E-state index contributed by atoms with van der Waals surface area (Å²) in [6, 6.07) is 5.11. The Morgan fingerprint density at radius 3 is 2.50 bits per heavy atom. The summed E-state index contributed by atoms with van der Waals surface area (Å²) < 4.78 is 25.1. The first-order chi connectivity index (χ1) is 8.26. The number of nitro benzene ring substituents is 1. The quantitative estimate of drug-likeness (QED) is 0.625. The number of aliphatic hydroxyl groups is 1. The van der Waals surface area contributed by atoms with Gasteiger partial charge in [0.05, 0.1) is 11.0 Å². The zero-order valence-corrected chi connectivity index (χ0v) is 10.8. The third kappa shape index (κ3) is 3.03. The van der Waals surface area contributed by atoms with Gasteiger partial charge in [0, 0.05) is 19.7 Å². The predicted octanol–water partition coefficient (Wildman–Crippen LogP) is 0.596. The molecule has 0 saturated heterocycles. The summed E-state index contributed by atoms with van der Waals surface area (Å²) in [5.41, 5.74) is -0.477. The molecule has 0 saturated carbocycles. The molecular formula is C10H14N2O5S. The van der Waals surface area contributed by atoms with Gasteiger partial charge in [-0.25, -0.2) is 8.42 Å². The number of para-hydroxylation sites is 1. The summed E-state index contributed by atoms with van der Waals surface area (Å²) in [4.78, 5) is 9.66. The Bertz CT molecular complexity index is 541. The van der Waals surface area contributed by atoms with E-state index >= 15 is 0 Å². The minimum Gasteiger partial charge on any atom is -0.392 e. The van der Waals surface area contributed by atoms with E-state index in [-0.39, 0.29) is 11.4 Å². The molecular weight excluding hydrogens is 260 g/mol. The van der Waals surface area contributed by atoms with Crippen molar-refractivity contribution in [1.82, 2.24) is 4.31 Å². The first-order valence-electron chi connectivity index (χ1n) is 5.14. The smallest absolute Gasteiger partial charge is 0.289 e. The van der Waals surface area contributed by atoms with Gasteiger partial charge >= 0.3 is 0 Å². The Morgan fingerprint density at radius 1 is 1.44 bits per heavy atom. The number of hydrogen-bond acceptors (Lipinski definition) is 5. The molecule has 100 valence electrons. The van der Waals surface area contributed by atoms with E-state index in [4.69, 9.17) is 0 Å². The van der Waals surface area contributed by atoms with Crippen molar-refractivity contribution in [3.63, 3.8) is 0 Å². The molecule has 8 heteroatoms. The lowest BCUT2D eigenvalue weighted by Gasteiger charge is -2.18. The van der Waals surface area contributed by atoms with Gasteiger partial charge in [-0.05, 0) is 13.0 Å². The van der Waals surface area contributed by atoms with Crippen LogP contribution in [0, 0.1) is 10.1 Å². The highest BCUT2D eigenvalue weighted by molar-refractivity contribution is 7.89. The lowest BCUT2D eigenvalue weighted by Crippen LogP contribution is -2.33. The third-order valence-corrected chi connectivity index (χ3v) is 4.14. The van der Waals surface area contributed by atoms with Gasteiger partial charge in [-0.1, -0.05) is 12.1 Å². The molecule has 0 aliphatic heterocycles. The Labute approximate surface area is 105 Å². The number of sulfonamides is 1. The molecule has 0 aliphatic carbocycles. The number of nitro groups is 1. The highest BCUT2D eigenvalue weighted by atomic mass is 32.2. The van der Waals surface area contributed by atoms with Crippen LogP contribution in [0.15, 0.2) is 29.2 Å². The second-order valence-electron chi connectivity index (χ2n) is 3.86. The van der Waals surface area contributed by atoms with Crippen LogP contribution in [0.5, 0.6) is 0 Å². The standard InChI is InChI=1S/C10H14N2O5S/c1-8(13)7-11(2)18(16,17)10-6-4-3-5-9(10)12(14)15/h3-6,8,13H,7H2,1-2H3. The second-order valence-corrected chi connectivity index (χ2v) is 5.87. The maximum atomic E-state index is 12.1. The van der Waals surface area contributed by atoms with Crippen LogP contribution < -0.4 is 0 Å². The van der Waals surface area contributed by atoms with Gasteiger partial charge in [0.25, 0.3) is 5.69 Å². The van der Waals surface area contributed by atoms with Gasteiger partial charge in [0.15, 0.2) is 4.90 Å². The molecule has 7 nitrogen and oxygen atoms in total. The van der Waals surface area contributed by atoms with Crippen LogP contribution in [0.4, 0.5) is 5.69 Å². The van der Waals surface area contributed by atoms with Crippen molar-refractivity contribution in [3.05, 3.63) is 34.4 Å². The fourth-order valence-electron chi connectivity index (χ4n) is 1.46. The number of hydrogen-bond donors (Lipinski definition) is 1. The van der Waals surface area contributed by atoms with E-state index in [1.807, 2.05) is 0 Å². The van der Waals surface area contributed by atoms with Crippen molar-refractivity contribution in [2.24, 2.45) is 0 Å². The Morgan fingerprint density at radius 2 is 2.00 bits per heavy atom. The molecule has 0 aromatic heterocycles. The molecule has 1 aromatic rings. The van der Waals surface area contributed by atoms with Crippen molar-refractivity contribution in [2.75, 3.05) is 13.6 Å². The summed E-state index contributed by atoms with van der Waals surface area (Å²) in [5, 5.41) is 20.0. The number of nitrogens with zero attached hydrogens (tertiary/aromatic N) is 2. The lowest BCUT2D eigenvalue weighted by molar-refractivity contribution is -0.387. The highest BCUT2D eigenvalue weighted by Crippen LogP contribution is 2.25. The van der Waals surface area contributed by atoms with Crippen molar-refractivity contribution in [2.45, 2.75) is 17.9 Å². The van der Waals surface area contributed by atoms with Crippen molar-refractivity contribution < 1.29 is 18.4 Å². The van der Waals surface area contributed by atoms with E-state index in [9.17, 15) is 23.6 Å². The Hall–Kier alpha value is -1.51. The Balaban J connectivity index is 3.24. The van der Waals surface area contributed by atoms with Crippen molar-refractivity contribution in [3.8, 4) is 0 Å². The molecule has 1 atom stereocenters. The molecule has 1 aromatic carbocycles. The lowest BCUT2D eigenvalue weighted by atomic mass is 10.3. The van der Waals surface area contributed by atoms with Crippen LogP contribution in [0.25, 0.3) is 0 Å².